The largest absolute Gasteiger partial charge is 0.368 e. The second-order valence-electron chi connectivity index (χ2n) is 3.81. The SMILES string of the molecule is CSc1ccc(C(C)Nc2ncnc(N)n2)cc1. The van der Waals surface area contributed by atoms with Gasteiger partial charge in [0.25, 0.3) is 0 Å². The molecule has 1 atom stereocenters. The summed E-state index contributed by atoms with van der Waals surface area (Å²) in [6.45, 7) is 2.05. The van der Waals surface area contributed by atoms with Crippen molar-refractivity contribution in [3.8, 4) is 0 Å². The van der Waals surface area contributed by atoms with E-state index in [2.05, 4.69) is 50.8 Å². The molecular formula is C12H15N5S. The quantitative estimate of drug-likeness (QED) is 0.823. The molecular weight excluding hydrogens is 246 g/mol. The van der Waals surface area contributed by atoms with Gasteiger partial charge in [0.15, 0.2) is 0 Å². The first-order valence-electron chi connectivity index (χ1n) is 5.54. The van der Waals surface area contributed by atoms with E-state index in [1.54, 1.807) is 11.8 Å². The molecule has 1 aromatic heterocycles. The first-order chi connectivity index (χ1) is 8.69. The van der Waals surface area contributed by atoms with E-state index in [0.29, 0.717) is 5.95 Å². The van der Waals surface area contributed by atoms with Crippen molar-refractivity contribution in [3.05, 3.63) is 36.2 Å². The molecule has 0 amide bonds. The molecule has 0 aliphatic carbocycles. The van der Waals surface area contributed by atoms with E-state index >= 15 is 0 Å². The van der Waals surface area contributed by atoms with Crippen LogP contribution in [0.25, 0.3) is 0 Å². The number of hydrogen-bond donors (Lipinski definition) is 2. The molecule has 0 radical (unpaired) electrons. The van der Waals surface area contributed by atoms with Gasteiger partial charge in [-0.15, -0.1) is 11.8 Å². The van der Waals surface area contributed by atoms with Crippen LogP contribution in [-0.4, -0.2) is 21.2 Å². The Morgan fingerprint density at radius 3 is 2.56 bits per heavy atom. The predicted octanol–water partition coefficient (Wildman–Crippen LogP) is 2.35. The van der Waals surface area contributed by atoms with Crippen molar-refractivity contribution in [1.29, 1.82) is 0 Å². The third-order valence-electron chi connectivity index (χ3n) is 2.55. The lowest BCUT2D eigenvalue weighted by atomic mass is 10.1. The number of nitrogens with two attached hydrogens (primary N) is 1. The third kappa shape index (κ3) is 3.10. The van der Waals surface area contributed by atoms with Crippen molar-refractivity contribution in [2.75, 3.05) is 17.3 Å². The van der Waals surface area contributed by atoms with Crippen LogP contribution in [0.5, 0.6) is 0 Å². The molecule has 0 aliphatic heterocycles. The molecule has 0 saturated carbocycles. The molecule has 0 saturated heterocycles. The van der Waals surface area contributed by atoms with Gasteiger partial charge in [-0.05, 0) is 30.9 Å². The summed E-state index contributed by atoms with van der Waals surface area (Å²) in [5.41, 5.74) is 6.68. The number of benzene rings is 1. The van der Waals surface area contributed by atoms with E-state index in [1.807, 2.05) is 6.92 Å². The van der Waals surface area contributed by atoms with Gasteiger partial charge in [-0.3, -0.25) is 0 Å². The van der Waals surface area contributed by atoms with E-state index in [0.717, 1.165) is 0 Å². The molecule has 6 heteroatoms. The van der Waals surface area contributed by atoms with Crippen LogP contribution in [0, 0.1) is 0 Å². The summed E-state index contributed by atoms with van der Waals surface area (Å²) >= 11 is 1.73. The zero-order valence-electron chi connectivity index (χ0n) is 10.3. The molecule has 0 bridgehead atoms. The van der Waals surface area contributed by atoms with Gasteiger partial charge in [-0.2, -0.15) is 4.98 Å². The Morgan fingerprint density at radius 1 is 1.22 bits per heavy atom. The number of thioether (sulfide) groups is 1. The van der Waals surface area contributed by atoms with Crippen LogP contribution in [0.2, 0.25) is 0 Å². The van der Waals surface area contributed by atoms with Gasteiger partial charge < -0.3 is 11.1 Å². The lowest BCUT2D eigenvalue weighted by Crippen LogP contribution is -2.10. The maximum atomic E-state index is 5.51. The van der Waals surface area contributed by atoms with Crippen molar-refractivity contribution in [2.24, 2.45) is 0 Å². The van der Waals surface area contributed by atoms with Crippen molar-refractivity contribution < 1.29 is 0 Å². The molecule has 94 valence electrons. The first kappa shape index (κ1) is 12.6. The zero-order valence-corrected chi connectivity index (χ0v) is 11.1. The number of nitrogen functional groups attached to an aromatic ring is 1. The summed E-state index contributed by atoms with van der Waals surface area (Å²) in [7, 11) is 0. The van der Waals surface area contributed by atoms with Gasteiger partial charge in [-0.25, -0.2) is 9.97 Å². The molecule has 1 heterocycles. The highest BCUT2D eigenvalue weighted by molar-refractivity contribution is 7.98. The molecule has 2 aromatic rings. The Labute approximate surface area is 110 Å². The minimum atomic E-state index is 0.114. The van der Waals surface area contributed by atoms with E-state index in [1.165, 1.54) is 16.8 Å². The van der Waals surface area contributed by atoms with Crippen LogP contribution in [-0.2, 0) is 0 Å². The average molecular weight is 261 g/mol. The zero-order chi connectivity index (χ0) is 13.0. The van der Waals surface area contributed by atoms with Gasteiger partial charge in [0, 0.05) is 4.90 Å². The van der Waals surface area contributed by atoms with Gasteiger partial charge in [0.05, 0.1) is 6.04 Å². The van der Waals surface area contributed by atoms with E-state index in [9.17, 15) is 0 Å². The smallest absolute Gasteiger partial charge is 0.227 e. The Balaban J connectivity index is 2.09. The maximum absolute atomic E-state index is 5.51. The van der Waals surface area contributed by atoms with E-state index in [-0.39, 0.29) is 12.0 Å². The molecule has 0 fully saturated rings. The summed E-state index contributed by atoms with van der Waals surface area (Å²) in [6.07, 6.45) is 3.46. The monoisotopic (exact) mass is 261 g/mol. The van der Waals surface area contributed by atoms with Gasteiger partial charge >= 0.3 is 0 Å². The fourth-order valence-electron chi connectivity index (χ4n) is 1.55. The highest BCUT2D eigenvalue weighted by Crippen LogP contribution is 2.20. The minimum Gasteiger partial charge on any atom is -0.368 e. The average Bonchev–Trinajstić information content (AvgIpc) is 2.39. The van der Waals surface area contributed by atoms with E-state index in [4.69, 9.17) is 5.73 Å². The number of nitrogens with zero attached hydrogens (tertiary/aromatic N) is 3. The van der Waals surface area contributed by atoms with Crippen LogP contribution in [0.1, 0.15) is 18.5 Å². The molecule has 2 rings (SSSR count). The summed E-state index contributed by atoms with van der Waals surface area (Å²) in [5, 5.41) is 3.19. The molecule has 5 nitrogen and oxygen atoms in total. The van der Waals surface area contributed by atoms with Crippen molar-refractivity contribution in [2.45, 2.75) is 17.9 Å². The van der Waals surface area contributed by atoms with Gasteiger partial charge in [-0.1, -0.05) is 12.1 Å². The summed E-state index contributed by atoms with van der Waals surface area (Å²) < 4.78 is 0. The van der Waals surface area contributed by atoms with Crippen LogP contribution in [0.4, 0.5) is 11.9 Å². The fourth-order valence-corrected chi connectivity index (χ4v) is 1.96. The Bertz CT molecular complexity index is 514. The van der Waals surface area contributed by atoms with Gasteiger partial charge in [0.1, 0.15) is 6.33 Å². The number of hydrogen-bond acceptors (Lipinski definition) is 6. The molecule has 3 N–H and O–H groups in total. The normalized spacial score (nSPS) is 12.1. The molecule has 1 aromatic carbocycles. The van der Waals surface area contributed by atoms with Crippen molar-refractivity contribution in [1.82, 2.24) is 15.0 Å². The van der Waals surface area contributed by atoms with Crippen molar-refractivity contribution >= 4 is 23.7 Å². The molecule has 0 spiro atoms. The predicted molar refractivity (Wildman–Crippen MR) is 74.5 cm³/mol. The Morgan fingerprint density at radius 2 is 1.94 bits per heavy atom. The Hall–Kier alpha value is -1.82. The number of anilines is 2. The molecule has 0 aliphatic rings. The van der Waals surface area contributed by atoms with Crippen molar-refractivity contribution in [3.63, 3.8) is 0 Å². The van der Waals surface area contributed by atoms with Crippen LogP contribution < -0.4 is 11.1 Å². The topological polar surface area (TPSA) is 76.7 Å². The van der Waals surface area contributed by atoms with Crippen LogP contribution >= 0.6 is 11.8 Å². The highest BCUT2D eigenvalue weighted by atomic mass is 32.2. The second-order valence-corrected chi connectivity index (χ2v) is 4.69. The fraction of sp³-hybridized carbons (Fsp3) is 0.250. The summed E-state index contributed by atoms with van der Waals surface area (Å²) in [4.78, 5) is 13.0. The van der Waals surface area contributed by atoms with Gasteiger partial charge in [0.2, 0.25) is 11.9 Å². The molecule has 18 heavy (non-hydrogen) atoms. The maximum Gasteiger partial charge on any atom is 0.227 e. The second kappa shape index (κ2) is 5.68. The number of nitrogens with one attached hydrogen (secondary N) is 1. The first-order valence-corrected chi connectivity index (χ1v) is 6.76. The van der Waals surface area contributed by atoms with E-state index < -0.39 is 0 Å². The van der Waals surface area contributed by atoms with Crippen LogP contribution in [0.3, 0.4) is 0 Å². The third-order valence-corrected chi connectivity index (χ3v) is 3.30. The number of rotatable bonds is 4. The minimum absolute atomic E-state index is 0.114. The van der Waals surface area contributed by atoms with Crippen LogP contribution in [0.15, 0.2) is 35.5 Å². The highest BCUT2D eigenvalue weighted by Gasteiger charge is 2.07. The lowest BCUT2D eigenvalue weighted by molar-refractivity contribution is 0.854. The summed E-state index contributed by atoms with van der Waals surface area (Å²) in [6, 6.07) is 8.49. The standard InChI is InChI=1S/C12H15N5S/c1-8(9-3-5-10(18-2)6-4-9)16-12-15-7-14-11(13)17-12/h3-8H,1-2H3,(H3,13,14,15,16,17). The molecule has 1 unspecified atom stereocenters. The number of aromatic nitrogens is 3. The lowest BCUT2D eigenvalue weighted by Gasteiger charge is -2.14. The Kier molecular flexibility index (Phi) is 3.99. The summed E-state index contributed by atoms with van der Waals surface area (Å²) in [5.74, 6) is 0.710.